The molecule has 0 aromatic heterocycles. The van der Waals surface area contributed by atoms with Crippen LogP contribution in [-0.4, -0.2) is 17.5 Å². The number of hydrogen-bond acceptors (Lipinski definition) is 2. The van der Waals surface area contributed by atoms with E-state index in [1.54, 1.807) is 11.9 Å². The Morgan fingerprint density at radius 3 is 2.71 bits per heavy atom. The normalized spacial score (nSPS) is 21.2. The maximum atomic E-state index is 11.1. The topological polar surface area (TPSA) is 32.3 Å². The number of hydrogen-bond donors (Lipinski definition) is 1. The lowest BCUT2D eigenvalue weighted by Crippen LogP contribution is -2.36. The van der Waals surface area contributed by atoms with Gasteiger partial charge >= 0.3 is 0 Å². The fourth-order valence-corrected chi connectivity index (χ4v) is 1.75. The van der Waals surface area contributed by atoms with Gasteiger partial charge in [0.25, 0.3) is 0 Å². The number of nitrogens with zero attached hydrogens (tertiary/aromatic N) is 1. The Morgan fingerprint density at radius 2 is 2.14 bits per heavy atom. The highest BCUT2D eigenvalue weighted by molar-refractivity contribution is 5.72. The molecule has 1 saturated heterocycles. The van der Waals surface area contributed by atoms with E-state index in [-0.39, 0.29) is 5.91 Å². The van der Waals surface area contributed by atoms with Crippen LogP contribution in [0.2, 0.25) is 0 Å². The molecule has 0 bridgehead atoms. The summed E-state index contributed by atoms with van der Waals surface area (Å²) in [5, 5.41) is 1.68. The van der Waals surface area contributed by atoms with Crippen molar-refractivity contribution in [3.8, 4) is 0 Å². The zero-order valence-electron chi connectivity index (χ0n) is 8.23. The first-order valence-corrected chi connectivity index (χ1v) is 4.86. The quantitative estimate of drug-likeness (QED) is 0.727. The number of benzene rings is 1. The van der Waals surface area contributed by atoms with Crippen LogP contribution in [0.4, 0.5) is 0 Å². The van der Waals surface area contributed by atoms with Crippen molar-refractivity contribution in [2.75, 3.05) is 6.54 Å². The Bertz CT molecular complexity index is 323. The maximum absolute atomic E-state index is 11.1. The number of nitrogens with one attached hydrogen (secondary N) is 1. The van der Waals surface area contributed by atoms with E-state index >= 15 is 0 Å². The van der Waals surface area contributed by atoms with E-state index in [1.165, 1.54) is 5.56 Å². The van der Waals surface area contributed by atoms with Gasteiger partial charge in [-0.15, -0.1) is 0 Å². The fraction of sp³-hybridized carbons (Fsp3) is 0.364. The van der Waals surface area contributed by atoms with Crippen LogP contribution in [0.1, 0.15) is 24.9 Å². The van der Waals surface area contributed by atoms with Gasteiger partial charge in [-0.1, -0.05) is 30.3 Å². The molecule has 1 aromatic carbocycles. The van der Waals surface area contributed by atoms with Gasteiger partial charge in [0.15, 0.2) is 0 Å². The maximum Gasteiger partial charge on any atom is 0.233 e. The third kappa shape index (κ3) is 1.77. The summed E-state index contributed by atoms with van der Waals surface area (Å²) in [6.45, 7) is 2.38. The molecule has 1 aliphatic heterocycles. The van der Waals surface area contributed by atoms with Crippen LogP contribution in [0, 0.1) is 0 Å². The van der Waals surface area contributed by atoms with E-state index in [0.29, 0.717) is 6.04 Å². The van der Waals surface area contributed by atoms with Crippen LogP contribution in [0.25, 0.3) is 0 Å². The van der Waals surface area contributed by atoms with E-state index < -0.39 is 0 Å². The summed E-state index contributed by atoms with van der Waals surface area (Å²) in [5.74, 6) is 0.0865. The van der Waals surface area contributed by atoms with Gasteiger partial charge in [0, 0.05) is 13.5 Å². The van der Waals surface area contributed by atoms with E-state index in [9.17, 15) is 4.79 Å². The minimum absolute atomic E-state index is 0.0865. The first-order valence-electron chi connectivity index (χ1n) is 4.86. The van der Waals surface area contributed by atoms with Crippen molar-refractivity contribution in [3.05, 3.63) is 35.9 Å². The minimum atomic E-state index is 0.0865. The van der Waals surface area contributed by atoms with Gasteiger partial charge in [-0.25, -0.2) is 5.43 Å². The lowest BCUT2D eigenvalue weighted by Gasteiger charge is -2.16. The van der Waals surface area contributed by atoms with E-state index in [4.69, 9.17) is 0 Å². The molecular formula is C11H14N2O. The monoisotopic (exact) mass is 190 g/mol. The van der Waals surface area contributed by atoms with Crippen molar-refractivity contribution < 1.29 is 4.79 Å². The van der Waals surface area contributed by atoms with Crippen molar-refractivity contribution >= 4 is 5.91 Å². The Morgan fingerprint density at radius 1 is 1.43 bits per heavy atom. The third-order valence-electron chi connectivity index (χ3n) is 2.54. The fourth-order valence-electron chi connectivity index (χ4n) is 1.75. The predicted octanol–water partition coefficient (Wildman–Crippen LogP) is 1.48. The second-order valence-electron chi connectivity index (χ2n) is 3.55. The highest BCUT2D eigenvalue weighted by Crippen LogP contribution is 2.21. The summed E-state index contributed by atoms with van der Waals surface area (Å²) in [6, 6.07) is 10.5. The molecule has 1 heterocycles. The van der Waals surface area contributed by atoms with Crippen LogP contribution in [0.5, 0.6) is 0 Å². The number of rotatable bonds is 1. The lowest BCUT2D eigenvalue weighted by molar-refractivity contribution is -0.130. The molecular weight excluding hydrogens is 176 g/mol. The molecule has 3 nitrogen and oxygen atoms in total. The zero-order valence-corrected chi connectivity index (χ0v) is 8.23. The lowest BCUT2D eigenvalue weighted by atomic mass is 10.1. The Labute approximate surface area is 83.7 Å². The van der Waals surface area contributed by atoms with Crippen LogP contribution < -0.4 is 5.43 Å². The van der Waals surface area contributed by atoms with Gasteiger partial charge in [0.1, 0.15) is 0 Å². The molecule has 1 unspecified atom stereocenters. The second kappa shape index (κ2) is 3.80. The molecule has 1 atom stereocenters. The summed E-state index contributed by atoms with van der Waals surface area (Å²) >= 11 is 0. The number of carbonyl (C=O) groups is 1. The molecule has 3 heteroatoms. The molecule has 74 valence electrons. The molecule has 0 radical (unpaired) electrons. The zero-order chi connectivity index (χ0) is 9.97. The minimum Gasteiger partial charge on any atom is -0.278 e. The second-order valence-corrected chi connectivity index (χ2v) is 3.55. The molecule has 14 heavy (non-hydrogen) atoms. The molecule has 0 spiro atoms. The van der Waals surface area contributed by atoms with Crippen molar-refractivity contribution in [1.82, 2.24) is 10.4 Å². The summed E-state index contributed by atoms with van der Waals surface area (Å²) in [7, 11) is 0. The summed E-state index contributed by atoms with van der Waals surface area (Å²) in [4.78, 5) is 11.1. The number of hydrazine groups is 1. The van der Waals surface area contributed by atoms with Crippen molar-refractivity contribution in [1.29, 1.82) is 0 Å². The van der Waals surface area contributed by atoms with Gasteiger partial charge in [-0.3, -0.25) is 9.80 Å². The standard InChI is InChI=1S/C11H14N2O/c1-9(14)13-8-7-11(12-13)10-5-3-2-4-6-10/h2-6,11-12H,7-8H2,1H3. The molecule has 1 amide bonds. The smallest absolute Gasteiger partial charge is 0.233 e. The average Bonchev–Trinajstić information content (AvgIpc) is 2.68. The molecule has 2 rings (SSSR count). The highest BCUT2D eigenvalue weighted by atomic mass is 16.2. The van der Waals surface area contributed by atoms with E-state index in [0.717, 1.165) is 13.0 Å². The molecule has 1 aromatic rings. The summed E-state index contributed by atoms with van der Waals surface area (Å²) in [6.07, 6.45) is 0.990. The van der Waals surface area contributed by atoms with Crippen molar-refractivity contribution in [2.24, 2.45) is 0 Å². The van der Waals surface area contributed by atoms with Gasteiger partial charge in [-0.2, -0.15) is 0 Å². The van der Waals surface area contributed by atoms with Gasteiger partial charge in [0.05, 0.1) is 6.04 Å². The van der Waals surface area contributed by atoms with Crippen molar-refractivity contribution in [3.63, 3.8) is 0 Å². The molecule has 0 aliphatic carbocycles. The Hall–Kier alpha value is -1.35. The number of amides is 1. The van der Waals surface area contributed by atoms with Gasteiger partial charge in [0.2, 0.25) is 5.91 Å². The Balaban J connectivity index is 2.06. The van der Waals surface area contributed by atoms with Gasteiger partial charge in [-0.05, 0) is 12.0 Å². The third-order valence-corrected chi connectivity index (χ3v) is 2.54. The summed E-state index contributed by atoms with van der Waals surface area (Å²) < 4.78 is 0. The first kappa shape index (κ1) is 9.21. The average molecular weight is 190 g/mol. The molecule has 0 saturated carbocycles. The van der Waals surface area contributed by atoms with Crippen LogP contribution in [0.3, 0.4) is 0 Å². The highest BCUT2D eigenvalue weighted by Gasteiger charge is 2.24. The summed E-state index contributed by atoms with van der Waals surface area (Å²) in [5.41, 5.74) is 4.44. The largest absolute Gasteiger partial charge is 0.278 e. The Kier molecular flexibility index (Phi) is 2.50. The molecule has 1 aliphatic rings. The van der Waals surface area contributed by atoms with E-state index in [2.05, 4.69) is 17.6 Å². The molecule has 1 fully saturated rings. The van der Waals surface area contributed by atoms with Crippen LogP contribution in [-0.2, 0) is 4.79 Å². The van der Waals surface area contributed by atoms with Crippen LogP contribution in [0.15, 0.2) is 30.3 Å². The van der Waals surface area contributed by atoms with Gasteiger partial charge < -0.3 is 0 Å². The van der Waals surface area contributed by atoms with E-state index in [1.807, 2.05) is 18.2 Å². The van der Waals surface area contributed by atoms with Crippen LogP contribution >= 0.6 is 0 Å². The number of carbonyl (C=O) groups excluding carboxylic acids is 1. The predicted molar refractivity (Wildman–Crippen MR) is 54.3 cm³/mol. The SMILES string of the molecule is CC(=O)N1CCC(c2ccccc2)N1. The molecule has 1 N–H and O–H groups in total. The van der Waals surface area contributed by atoms with Crippen molar-refractivity contribution in [2.45, 2.75) is 19.4 Å². The first-order chi connectivity index (χ1) is 6.77.